The Labute approximate surface area is 149 Å². The second kappa shape index (κ2) is 6.44. The van der Waals surface area contributed by atoms with Gasteiger partial charge in [0.05, 0.1) is 11.6 Å². The number of rotatable bonds is 4. The zero-order valence-corrected chi connectivity index (χ0v) is 14.7. The molecule has 0 radical (unpaired) electrons. The summed E-state index contributed by atoms with van der Waals surface area (Å²) in [6.07, 6.45) is 3.11. The molecule has 0 bridgehead atoms. The predicted octanol–water partition coefficient (Wildman–Crippen LogP) is 3.93. The van der Waals surface area contributed by atoms with Crippen molar-refractivity contribution < 1.29 is 13.6 Å². The van der Waals surface area contributed by atoms with Crippen LogP contribution in [0.5, 0.6) is 0 Å². The Morgan fingerprint density at radius 1 is 1.24 bits per heavy atom. The average molecular weight is 363 g/mol. The number of anilines is 1. The molecule has 1 amide bonds. The van der Waals surface area contributed by atoms with Crippen LogP contribution in [0.2, 0.25) is 0 Å². The van der Waals surface area contributed by atoms with Crippen molar-refractivity contribution >= 4 is 23.5 Å². The SMILES string of the molecule is Cn1nc(NC(=O)C2CSC2)c(C2CCC2)c1-c1cc(F)cc(F)c1. The molecule has 4 nitrogen and oxygen atoms in total. The van der Waals surface area contributed by atoms with E-state index in [1.807, 2.05) is 0 Å². The highest BCUT2D eigenvalue weighted by Gasteiger charge is 2.32. The highest BCUT2D eigenvalue weighted by molar-refractivity contribution is 8.00. The van der Waals surface area contributed by atoms with Gasteiger partial charge < -0.3 is 5.32 Å². The van der Waals surface area contributed by atoms with E-state index in [0.29, 0.717) is 17.1 Å². The van der Waals surface area contributed by atoms with Gasteiger partial charge in [-0.1, -0.05) is 6.42 Å². The van der Waals surface area contributed by atoms with Gasteiger partial charge in [0.25, 0.3) is 0 Å². The summed E-state index contributed by atoms with van der Waals surface area (Å²) in [6.45, 7) is 0. The lowest BCUT2D eigenvalue weighted by molar-refractivity contribution is -0.118. The highest BCUT2D eigenvalue weighted by Crippen LogP contribution is 2.45. The van der Waals surface area contributed by atoms with Crippen LogP contribution in [-0.2, 0) is 11.8 Å². The second-order valence-electron chi connectivity index (χ2n) is 6.74. The molecule has 2 heterocycles. The summed E-state index contributed by atoms with van der Waals surface area (Å²) in [4.78, 5) is 12.3. The number of carbonyl (C=O) groups excluding carboxylic acids is 1. The van der Waals surface area contributed by atoms with Crippen molar-refractivity contribution in [3.05, 3.63) is 35.4 Å². The lowest BCUT2D eigenvalue weighted by Crippen LogP contribution is -2.33. The summed E-state index contributed by atoms with van der Waals surface area (Å²) in [5, 5.41) is 7.41. The van der Waals surface area contributed by atoms with E-state index in [2.05, 4.69) is 10.4 Å². The van der Waals surface area contributed by atoms with Crippen LogP contribution in [-0.4, -0.2) is 27.2 Å². The van der Waals surface area contributed by atoms with E-state index in [0.717, 1.165) is 42.4 Å². The van der Waals surface area contributed by atoms with Crippen molar-refractivity contribution in [1.29, 1.82) is 0 Å². The number of amides is 1. The smallest absolute Gasteiger partial charge is 0.230 e. The topological polar surface area (TPSA) is 46.9 Å². The zero-order valence-electron chi connectivity index (χ0n) is 13.9. The Hall–Kier alpha value is -1.89. The average Bonchev–Trinajstić information content (AvgIpc) is 2.70. The number of hydrogen-bond donors (Lipinski definition) is 1. The van der Waals surface area contributed by atoms with Crippen LogP contribution in [0.25, 0.3) is 11.3 Å². The maximum absolute atomic E-state index is 13.7. The number of nitrogens with one attached hydrogen (secondary N) is 1. The van der Waals surface area contributed by atoms with Gasteiger partial charge in [0, 0.05) is 35.7 Å². The normalized spacial score (nSPS) is 17.9. The molecule has 0 atom stereocenters. The van der Waals surface area contributed by atoms with Gasteiger partial charge in [0.1, 0.15) is 11.6 Å². The number of benzene rings is 1. The number of halogens is 2. The predicted molar refractivity (Wildman–Crippen MR) is 94.6 cm³/mol. The largest absolute Gasteiger partial charge is 0.309 e. The summed E-state index contributed by atoms with van der Waals surface area (Å²) in [5.74, 6) is 1.24. The summed E-state index contributed by atoms with van der Waals surface area (Å²) >= 11 is 1.75. The molecule has 0 unspecified atom stereocenters. The fourth-order valence-electron chi connectivity index (χ4n) is 3.36. The summed E-state index contributed by atoms with van der Waals surface area (Å²) in [7, 11) is 1.75. The fourth-order valence-corrected chi connectivity index (χ4v) is 4.13. The molecule has 2 aromatic rings. The van der Waals surface area contributed by atoms with Crippen LogP contribution >= 0.6 is 11.8 Å². The van der Waals surface area contributed by atoms with Crippen molar-refractivity contribution in [1.82, 2.24) is 9.78 Å². The number of thioether (sulfide) groups is 1. The Morgan fingerprint density at radius 3 is 2.44 bits per heavy atom. The Morgan fingerprint density at radius 2 is 1.92 bits per heavy atom. The Kier molecular flexibility index (Phi) is 4.27. The number of aromatic nitrogens is 2. The lowest BCUT2D eigenvalue weighted by Gasteiger charge is -2.28. The molecule has 2 fully saturated rings. The molecular weight excluding hydrogens is 344 g/mol. The van der Waals surface area contributed by atoms with Gasteiger partial charge in [0.2, 0.25) is 5.91 Å². The monoisotopic (exact) mass is 363 g/mol. The Balaban J connectivity index is 1.76. The first-order chi connectivity index (χ1) is 12.0. The third-order valence-corrected chi connectivity index (χ3v) is 6.26. The first-order valence-electron chi connectivity index (χ1n) is 8.45. The molecule has 25 heavy (non-hydrogen) atoms. The Bertz CT molecular complexity index is 808. The zero-order chi connectivity index (χ0) is 17.6. The number of nitrogens with zero attached hydrogens (tertiary/aromatic N) is 2. The van der Waals surface area contributed by atoms with Crippen molar-refractivity contribution in [2.45, 2.75) is 25.2 Å². The van der Waals surface area contributed by atoms with E-state index in [1.165, 1.54) is 12.1 Å². The molecule has 1 aliphatic carbocycles. The first kappa shape index (κ1) is 16.6. The minimum Gasteiger partial charge on any atom is -0.309 e. The molecule has 7 heteroatoms. The van der Waals surface area contributed by atoms with E-state index in [4.69, 9.17) is 0 Å². The second-order valence-corrected chi connectivity index (χ2v) is 7.82. The number of hydrogen-bond acceptors (Lipinski definition) is 3. The summed E-state index contributed by atoms with van der Waals surface area (Å²) in [6, 6.07) is 3.49. The van der Waals surface area contributed by atoms with Crippen LogP contribution in [0.4, 0.5) is 14.6 Å². The van der Waals surface area contributed by atoms with Crippen molar-refractivity contribution in [2.75, 3.05) is 16.8 Å². The molecular formula is C18H19F2N3OS. The quantitative estimate of drug-likeness (QED) is 0.895. The van der Waals surface area contributed by atoms with Crippen LogP contribution in [0.3, 0.4) is 0 Å². The molecule has 132 valence electrons. The molecule has 0 spiro atoms. The van der Waals surface area contributed by atoms with E-state index in [1.54, 1.807) is 23.5 Å². The lowest BCUT2D eigenvalue weighted by atomic mass is 9.79. The third kappa shape index (κ3) is 3.05. The molecule has 1 aromatic carbocycles. The van der Waals surface area contributed by atoms with Gasteiger partial charge in [-0.3, -0.25) is 9.48 Å². The third-order valence-electron chi connectivity index (χ3n) is 4.98. The van der Waals surface area contributed by atoms with Crippen LogP contribution in [0.1, 0.15) is 30.7 Å². The van der Waals surface area contributed by atoms with Gasteiger partial charge >= 0.3 is 0 Å². The molecule has 1 aromatic heterocycles. The van der Waals surface area contributed by atoms with Crippen LogP contribution < -0.4 is 5.32 Å². The molecule has 1 aliphatic heterocycles. The minimum absolute atomic E-state index is 0.0191. The van der Waals surface area contributed by atoms with Crippen molar-refractivity contribution in [3.8, 4) is 11.3 Å². The van der Waals surface area contributed by atoms with Gasteiger partial charge in [-0.25, -0.2) is 8.78 Å². The van der Waals surface area contributed by atoms with Crippen LogP contribution in [0, 0.1) is 17.6 Å². The standard InChI is InChI=1S/C18H19F2N3OS/c1-23-16(11-5-13(19)7-14(20)6-11)15(10-3-2-4-10)17(22-23)21-18(24)12-8-25-9-12/h5-7,10,12H,2-4,8-9H2,1H3,(H,21,22,24). The maximum atomic E-state index is 13.7. The molecule has 1 saturated carbocycles. The van der Waals surface area contributed by atoms with Gasteiger partial charge in [-0.05, 0) is 30.9 Å². The molecule has 4 rings (SSSR count). The summed E-state index contributed by atoms with van der Waals surface area (Å²) < 4.78 is 29.0. The maximum Gasteiger partial charge on any atom is 0.230 e. The van der Waals surface area contributed by atoms with Crippen molar-refractivity contribution in [3.63, 3.8) is 0 Å². The minimum atomic E-state index is -0.618. The molecule has 2 aliphatic rings. The molecule has 1 saturated heterocycles. The fraction of sp³-hybridized carbons (Fsp3) is 0.444. The number of carbonyl (C=O) groups is 1. The van der Waals surface area contributed by atoms with E-state index >= 15 is 0 Å². The van der Waals surface area contributed by atoms with Crippen LogP contribution in [0.15, 0.2) is 18.2 Å². The van der Waals surface area contributed by atoms with Crippen molar-refractivity contribution in [2.24, 2.45) is 13.0 Å². The van der Waals surface area contributed by atoms with E-state index in [-0.39, 0.29) is 17.7 Å². The van der Waals surface area contributed by atoms with E-state index < -0.39 is 11.6 Å². The van der Waals surface area contributed by atoms with Gasteiger partial charge in [-0.15, -0.1) is 0 Å². The number of aryl methyl sites for hydroxylation is 1. The summed E-state index contributed by atoms with van der Waals surface area (Å²) in [5.41, 5.74) is 2.04. The molecule has 1 N–H and O–H groups in total. The first-order valence-corrected chi connectivity index (χ1v) is 9.60. The van der Waals surface area contributed by atoms with Gasteiger partial charge in [0.15, 0.2) is 5.82 Å². The van der Waals surface area contributed by atoms with Gasteiger partial charge in [-0.2, -0.15) is 16.9 Å². The van der Waals surface area contributed by atoms with E-state index in [9.17, 15) is 13.6 Å². The highest BCUT2D eigenvalue weighted by atomic mass is 32.2.